The number of fused-ring (bicyclic) bond motifs is 2. The van der Waals surface area contributed by atoms with E-state index in [2.05, 4.69) is 29.6 Å². The molecule has 1 N–H and O–H groups in total. The molecule has 6 nitrogen and oxygen atoms in total. The van der Waals surface area contributed by atoms with Crippen molar-refractivity contribution in [3.63, 3.8) is 0 Å². The number of pyridine rings is 1. The predicted octanol–water partition coefficient (Wildman–Crippen LogP) is 10.1. The van der Waals surface area contributed by atoms with Crippen LogP contribution in [0.4, 0.5) is 0 Å². The SMILES string of the molecule is C[Si](C)(C)CCOC(=O)c1[nH]c2cc(Cl)cc(Cl)c2c1/C=C/C(=O)OCc1cccc(/C=C/c2ccc3ccc(Cl)cc3n2)c1. The monoisotopic (exact) mass is 676 g/mol. The second kappa shape index (κ2) is 14.0. The molecule has 0 saturated carbocycles. The summed E-state index contributed by atoms with van der Waals surface area (Å²) >= 11 is 18.8. The maximum Gasteiger partial charge on any atom is 0.355 e. The third-order valence-corrected chi connectivity index (χ3v) is 9.44. The summed E-state index contributed by atoms with van der Waals surface area (Å²) in [5.41, 5.74) is 4.54. The number of nitrogens with one attached hydrogen (secondary N) is 1. The molecule has 0 radical (unpaired) electrons. The van der Waals surface area contributed by atoms with Crippen LogP contribution in [-0.4, -0.2) is 36.6 Å². The number of ether oxygens (including phenoxy) is 2. The molecule has 3 aromatic carbocycles. The molecular formula is C35H31Cl3N2O4Si. The Bertz CT molecular complexity index is 1960. The highest BCUT2D eigenvalue weighted by Gasteiger charge is 2.21. The topological polar surface area (TPSA) is 81.3 Å². The average Bonchev–Trinajstić information content (AvgIpc) is 3.36. The first-order chi connectivity index (χ1) is 21.4. The van der Waals surface area contributed by atoms with Gasteiger partial charge in [0.15, 0.2) is 0 Å². The van der Waals surface area contributed by atoms with E-state index in [9.17, 15) is 9.59 Å². The van der Waals surface area contributed by atoms with Gasteiger partial charge in [0.1, 0.15) is 12.3 Å². The molecule has 0 aliphatic carbocycles. The van der Waals surface area contributed by atoms with Gasteiger partial charge in [0.05, 0.1) is 22.8 Å². The summed E-state index contributed by atoms with van der Waals surface area (Å²) in [5, 5.41) is 2.97. The van der Waals surface area contributed by atoms with Gasteiger partial charge in [-0.3, -0.25) is 0 Å². The summed E-state index contributed by atoms with van der Waals surface area (Å²) in [6.07, 6.45) is 6.65. The smallest absolute Gasteiger partial charge is 0.355 e. The van der Waals surface area contributed by atoms with Crippen molar-refractivity contribution in [1.82, 2.24) is 9.97 Å². The number of carbonyl (C=O) groups is 2. The van der Waals surface area contributed by atoms with Gasteiger partial charge in [-0.2, -0.15) is 0 Å². The maximum absolute atomic E-state index is 13.0. The van der Waals surface area contributed by atoms with E-state index in [-0.39, 0.29) is 12.3 Å². The van der Waals surface area contributed by atoms with Gasteiger partial charge < -0.3 is 14.5 Å². The average molecular weight is 678 g/mol. The summed E-state index contributed by atoms with van der Waals surface area (Å²) in [7, 11) is -1.40. The molecule has 0 amide bonds. The van der Waals surface area contributed by atoms with E-state index in [0.717, 1.165) is 33.8 Å². The van der Waals surface area contributed by atoms with Crippen LogP contribution >= 0.6 is 34.8 Å². The number of H-pyrrole nitrogens is 1. The standard InChI is InChI=1S/C35H31Cl3N2O4Si/c1-45(2,3)16-15-43-35(42)34-28(33-29(38)18-26(37)20-31(33)40-34)13-14-32(41)44-21-23-6-4-5-22(17-23)7-11-27-12-9-24-8-10-25(36)19-30(24)39-27/h4-14,17-20,40H,15-16,21H2,1-3H3/b11-7+,14-13+. The van der Waals surface area contributed by atoms with Crippen molar-refractivity contribution in [1.29, 1.82) is 0 Å². The number of aromatic nitrogens is 2. The van der Waals surface area contributed by atoms with Crippen LogP contribution in [0.1, 0.15) is 32.9 Å². The second-order valence-corrected chi connectivity index (χ2v) is 18.7. The molecule has 2 aromatic heterocycles. The molecule has 10 heteroatoms. The van der Waals surface area contributed by atoms with Crippen molar-refractivity contribution in [2.75, 3.05) is 6.61 Å². The van der Waals surface area contributed by atoms with Crippen LogP contribution < -0.4 is 0 Å². The van der Waals surface area contributed by atoms with Crippen LogP contribution in [0.15, 0.2) is 72.8 Å². The first kappa shape index (κ1) is 32.5. The minimum atomic E-state index is -1.40. The Morgan fingerprint density at radius 1 is 0.889 bits per heavy atom. The van der Waals surface area contributed by atoms with Crippen LogP contribution in [0, 0.1) is 0 Å². The highest BCUT2D eigenvalue weighted by molar-refractivity contribution is 6.76. The van der Waals surface area contributed by atoms with Crippen LogP contribution in [0.2, 0.25) is 40.8 Å². The maximum atomic E-state index is 13.0. The quantitative estimate of drug-likeness (QED) is 0.0904. The molecule has 0 bridgehead atoms. The third-order valence-electron chi connectivity index (χ3n) is 6.98. The van der Waals surface area contributed by atoms with Crippen molar-refractivity contribution < 1.29 is 19.1 Å². The minimum absolute atomic E-state index is 0.0629. The lowest BCUT2D eigenvalue weighted by Gasteiger charge is -2.15. The lowest BCUT2D eigenvalue weighted by atomic mass is 10.1. The zero-order valence-corrected chi connectivity index (χ0v) is 28.3. The number of aromatic amines is 1. The van der Waals surface area contributed by atoms with Gasteiger partial charge in [-0.1, -0.05) is 90.9 Å². The molecule has 45 heavy (non-hydrogen) atoms. The fraction of sp³-hybridized carbons (Fsp3) is 0.171. The lowest BCUT2D eigenvalue weighted by molar-refractivity contribution is -0.138. The highest BCUT2D eigenvalue weighted by atomic mass is 35.5. The van der Waals surface area contributed by atoms with E-state index in [1.165, 1.54) is 12.2 Å². The summed E-state index contributed by atoms with van der Waals surface area (Å²) in [6.45, 7) is 7.00. The first-order valence-corrected chi connectivity index (χ1v) is 19.2. The predicted molar refractivity (Wildman–Crippen MR) is 188 cm³/mol. The summed E-state index contributed by atoms with van der Waals surface area (Å²) in [5.74, 6) is -1.11. The summed E-state index contributed by atoms with van der Waals surface area (Å²) < 4.78 is 11.1. The number of benzene rings is 3. The van der Waals surface area contributed by atoms with Crippen molar-refractivity contribution in [2.24, 2.45) is 0 Å². The number of hydrogen-bond donors (Lipinski definition) is 1. The van der Waals surface area contributed by atoms with Crippen molar-refractivity contribution in [3.05, 3.63) is 116 Å². The Morgan fingerprint density at radius 2 is 1.69 bits per heavy atom. The third kappa shape index (κ3) is 8.64. The minimum Gasteiger partial charge on any atom is -0.461 e. The molecular weight excluding hydrogens is 647 g/mol. The van der Waals surface area contributed by atoms with Crippen LogP contribution in [-0.2, 0) is 20.9 Å². The zero-order chi connectivity index (χ0) is 32.1. The molecule has 230 valence electrons. The van der Waals surface area contributed by atoms with Gasteiger partial charge in [-0.25, -0.2) is 14.6 Å². The van der Waals surface area contributed by atoms with E-state index in [0.29, 0.717) is 38.1 Å². The highest BCUT2D eigenvalue weighted by Crippen LogP contribution is 2.34. The Morgan fingerprint density at radius 3 is 2.49 bits per heavy atom. The normalized spacial score (nSPS) is 12.0. The van der Waals surface area contributed by atoms with Gasteiger partial charge in [0.25, 0.3) is 0 Å². The van der Waals surface area contributed by atoms with Crippen molar-refractivity contribution >= 4 is 94.8 Å². The lowest BCUT2D eigenvalue weighted by Crippen LogP contribution is -2.23. The Kier molecular flexibility index (Phi) is 10.1. The number of carbonyl (C=O) groups excluding carboxylic acids is 2. The molecule has 0 fully saturated rings. The number of hydrogen-bond acceptors (Lipinski definition) is 5. The second-order valence-electron chi connectivity index (χ2n) is 11.8. The Labute approximate surface area is 277 Å². The molecule has 0 aliphatic rings. The number of rotatable bonds is 10. The largest absolute Gasteiger partial charge is 0.461 e. The van der Waals surface area contributed by atoms with E-state index >= 15 is 0 Å². The van der Waals surface area contributed by atoms with Crippen LogP contribution in [0.3, 0.4) is 0 Å². The number of esters is 2. The molecule has 0 atom stereocenters. The summed E-state index contributed by atoms with van der Waals surface area (Å²) in [6, 6.07) is 21.3. The molecule has 0 aliphatic heterocycles. The molecule has 0 spiro atoms. The molecule has 2 heterocycles. The van der Waals surface area contributed by atoms with Gasteiger partial charge in [-0.15, -0.1) is 0 Å². The molecule has 0 unspecified atom stereocenters. The number of nitrogens with zero attached hydrogens (tertiary/aromatic N) is 1. The zero-order valence-electron chi connectivity index (χ0n) is 25.0. The van der Waals surface area contributed by atoms with E-state index in [1.807, 2.05) is 66.7 Å². The summed E-state index contributed by atoms with van der Waals surface area (Å²) in [4.78, 5) is 33.5. The molecule has 0 saturated heterocycles. The molecule has 5 rings (SSSR count). The number of halogens is 3. The fourth-order valence-electron chi connectivity index (χ4n) is 4.64. The van der Waals surface area contributed by atoms with Crippen molar-refractivity contribution in [2.45, 2.75) is 32.3 Å². The fourth-order valence-corrected chi connectivity index (χ4v) is 6.12. The van der Waals surface area contributed by atoms with Crippen LogP contribution in [0.25, 0.3) is 40.0 Å². The first-order valence-electron chi connectivity index (χ1n) is 14.3. The Balaban J connectivity index is 1.27. The van der Waals surface area contributed by atoms with Crippen molar-refractivity contribution in [3.8, 4) is 0 Å². The van der Waals surface area contributed by atoms with Gasteiger partial charge in [0.2, 0.25) is 0 Å². The van der Waals surface area contributed by atoms with E-state index < -0.39 is 20.0 Å². The van der Waals surface area contributed by atoms with Gasteiger partial charge in [0, 0.05) is 46.0 Å². The van der Waals surface area contributed by atoms with Gasteiger partial charge in [-0.05, 0) is 65.7 Å². The van der Waals surface area contributed by atoms with E-state index in [1.54, 1.807) is 12.1 Å². The molecule has 5 aromatic rings. The Hall–Kier alpha value is -3.88. The van der Waals surface area contributed by atoms with Gasteiger partial charge >= 0.3 is 11.9 Å². The van der Waals surface area contributed by atoms with E-state index in [4.69, 9.17) is 44.3 Å². The van der Waals surface area contributed by atoms with Crippen LogP contribution in [0.5, 0.6) is 0 Å².